The van der Waals surface area contributed by atoms with E-state index in [1.165, 1.54) is 12.1 Å². The monoisotopic (exact) mass is 417 g/mol. The number of aliphatic hydroxyl groups excluding tert-OH is 1. The highest BCUT2D eigenvalue weighted by Gasteiger charge is 2.11. The van der Waals surface area contributed by atoms with Gasteiger partial charge in [0.15, 0.2) is 0 Å². The van der Waals surface area contributed by atoms with Crippen LogP contribution in [0.2, 0.25) is 0 Å². The Hall–Kier alpha value is -1.97. The Morgan fingerprint density at radius 2 is 2.21 bits per heavy atom. The van der Waals surface area contributed by atoms with Crippen molar-refractivity contribution in [3.8, 4) is 0 Å². The number of non-ortho nitro benzene ring substituents is 1. The topological polar surface area (TPSA) is 113 Å². The van der Waals surface area contributed by atoms with E-state index < -0.39 is 4.92 Å². The molecule has 8 nitrogen and oxygen atoms in total. The van der Waals surface area contributed by atoms with Crippen molar-refractivity contribution in [2.24, 2.45) is 0 Å². The molecule has 1 atom stereocenters. The summed E-state index contributed by atoms with van der Waals surface area (Å²) in [6, 6.07) is 5.96. The van der Waals surface area contributed by atoms with Gasteiger partial charge in [-0.1, -0.05) is 13.0 Å². The van der Waals surface area contributed by atoms with E-state index in [1.807, 2.05) is 6.92 Å². The number of nitro benzene ring substituents is 1. The van der Waals surface area contributed by atoms with Crippen LogP contribution in [0.1, 0.15) is 13.3 Å². The molecule has 0 radical (unpaired) electrons. The highest BCUT2D eigenvalue weighted by atomic mass is 79.9. The molecule has 0 fully saturated rings. The molecule has 1 aromatic heterocycles. The lowest BCUT2D eigenvalue weighted by Crippen LogP contribution is -2.23. The summed E-state index contributed by atoms with van der Waals surface area (Å²) in [7, 11) is 0. The highest BCUT2D eigenvalue weighted by molar-refractivity contribution is 9.10. The van der Waals surface area contributed by atoms with Crippen LogP contribution in [-0.4, -0.2) is 32.6 Å². The van der Waals surface area contributed by atoms with E-state index in [1.54, 1.807) is 18.3 Å². The van der Waals surface area contributed by atoms with E-state index in [4.69, 9.17) is 0 Å². The number of hydrogen-bond acceptors (Lipinski definition) is 7. The van der Waals surface area contributed by atoms with Gasteiger partial charge in [0.2, 0.25) is 5.95 Å². The average molecular weight is 419 g/mol. The van der Waals surface area contributed by atoms with Crippen molar-refractivity contribution in [1.82, 2.24) is 9.97 Å². The lowest BCUT2D eigenvalue weighted by molar-refractivity contribution is -0.384. The Morgan fingerprint density at radius 1 is 1.46 bits per heavy atom. The molecule has 0 amide bonds. The highest BCUT2D eigenvalue weighted by Crippen LogP contribution is 2.24. The Morgan fingerprint density at radius 3 is 2.83 bits per heavy atom. The summed E-state index contributed by atoms with van der Waals surface area (Å²) in [5.74, 6) is 0.831. The van der Waals surface area contributed by atoms with Crippen LogP contribution in [0, 0.1) is 10.1 Å². The predicted molar refractivity (Wildman–Crippen MR) is 98.1 cm³/mol. The number of benzene rings is 1. The van der Waals surface area contributed by atoms with Gasteiger partial charge < -0.3 is 15.7 Å². The molecule has 0 aliphatic heterocycles. The van der Waals surface area contributed by atoms with Crippen molar-refractivity contribution in [2.75, 3.05) is 17.2 Å². The van der Waals surface area contributed by atoms with Crippen molar-refractivity contribution in [3.05, 3.63) is 45.0 Å². The summed E-state index contributed by atoms with van der Waals surface area (Å²) in [5.41, 5.74) is 0.499. The van der Waals surface area contributed by atoms with Gasteiger partial charge in [-0.05, 0) is 28.4 Å². The van der Waals surface area contributed by atoms with Gasteiger partial charge in [0.1, 0.15) is 5.82 Å². The van der Waals surface area contributed by atoms with Crippen LogP contribution in [0.3, 0.4) is 0 Å². The van der Waals surface area contributed by atoms with Crippen molar-refractivity contribution in [2.45, 2.75) is 19.4 Å². The molecule has 3 N–H and O–H groups in total. The van der Waals surface area contributed by atoms with Gasteiger partial charge in [-0.3, -0.25) is 10.1 Å². The number of halogens is 2. The number of rotatable bonds is 7. The van der Waals surface area contributed by atoms with E-state index in [0.717, 1.165) is 6.42 Å². The average Bonchev–Trinajstić information content (AvgIpc) is 2.55. The summed E-state index contributed by atoms with van der Waals surface area (Å²) in [4.78, 5) is 18.8. The van der Waals surface area contributed by atoms with E-state index in [9.17, 15) is 15.2 Å². The molecule has 130 valence electrons. The van der Waals surface area contributed by atoms with Gasteiger partial charge in [-0.15, -0.1) is 12.4 Å². The van der Waals surface area contributed by atoms with Gasteiger partial charge in [0.05, 0.1) is 22.0 Å². The van der Waals surface area contributed by atoms with Gasteiger partial charge in [-0.25, -0.2) is 4.98 Å². The third-order valence-corrected chi connectivity index (χ3v) is 3.69. The number of aromatic nitrogens is 2. The molecule has 1 aromatic carbocycles. The number of nitrogens with zero attached hydrogens (tertiary/aromatic N) is 3. The van der Waals surface area contributed by atoms with Crippen LogP contribution in [0.15, 0.2) is 34.9 Å². The molecule has 0 bridgehead atoms. The molecular formula is C14H17BrClN5O3. The second-order valence-corrected chi connectivity index (χ2v) is 5.61. The molecule has 0 spiro atoms. The van der Waals surface area contributed by atoms with Crippen molar-refractivity contribution >= 4 is 51.5 Å². The number of nitro groups is 1. The molecule has 0 saturated carbocycles. The Balaban J connectivity index is 0.00000288. The number of anilines is 3. The minimum Gasteiger partial charge on any atom is -0.394 e. The molecule has 1 heterocycles. The third-order valence-electron chi connectivity index (χ3n) is 3.11. The van der Waals surface area contributed by atoms with E-state index in [2.05, 4.69) is 36.5 Å². The first kappa shape index (κ1) is 20.1. The minimum absolute atomic E-state index is 0. The number of hydrogen-bond donors (Lipinski definition) is 3. The zero-order chi connectivity index (χ0) is 16.8. The van der Waals surface area contributed by atoms with Crippen molar-refractivity contribution in [3.63, 3.8) is 0 Å². The maximum Gasteiger partial charge on any atom is 0.271 e. The van der Waals surface area contributed by atoms with E-state index >= 15 is 0 Å². The minimum atomic E-state index is -0.465. The maximum atomic E-state index is 10.8. The Labute approximate surface area is 153 Å². The SMILES string of the molecule is CC[C@@H](CO)Nc1nc(Nc2cccc([N+](=O)[O-])c2)ncc1Br.Cl. The fourth-order valence-corrected chi connectivity index (χ4v) is 2.13. The molecule has 2 aromatic rings. The fraction of sp³-hybridized carbons (Fsp3) is 0.286. The zero-order valence-electron chi connectivity index (χ0n) is 12.8. The first-order valence-electron chi connectivity index (χ1n) is 6.95. The summed E-state index contributed by atoms with van der Waals surface area (Å²) in [6.07, 6.45) is 2.31. The molecule has 0 saturated heterocycles. The Kier molecular flexibility index (Phi) is 7.83. The summed E-state index contributed by atoms with van der Waals surface area (Å²) >= 11 is 3.35. The molecule has 2 rings (SSSR count). The largest absolute Gasteiger partial charge is 0.394 e. The Bertz CT molecular complexity index is 700. The molecular weight excluding hydrogens is 402 g/mol. The van der Waals surface area contributed by atoms with Crippen LogP contribution in [0.4, 0.5) is 23.1 Å². The molecule has 0 unspecified atom stereocenters. The smallest absolute Gasteiger partial charge is 0.271 e. The molecule has 0 aliphatic rings. The third kappa shape index (κ3) is 5.29. The predicted octanol–water partition coefficient (Wildman–Crippen LogP) is 3.50. The van der Waals surface area contributed by atoms with Gasteiger partial charge in [0.25, 0.3) is 5.69 Å². The first-order valence-corrected chi connectivity index (χ1v) is 7.74. The normalized spacial score (nSPS) is 11.3. The van der Waals surface area contributed by atoms with E-state index in [0.29, 0.717) is 21.9 Å². The van der Waals surface area contributed by atoms with Crippen LogP contribution in [0.25, 0.3) is 0 Å². The van der Waals surface area contributed by atoms with Crippen molar-refractivity contribution < 1.29 is 10.0 Å². The van der Waals surface area contributed by atoms with Crippen LogP contribution in [-0.2, 0) is 0 Å². The summed E-state index contributed by atoms with van der Waals surface area (Å²) < 4.78 is 0.661. The first-order chi connectivity index (χ1) is 11.0. The second kappa shape index (κ2) is 9.36. The summed E-state index contributed by atoms with van der Waals surface area (Å²) in [5, 5.41) is 26.1. The molecule has 10 heteroatoms. The van der Waals surface area contributed by atoms with Crippen LogP contribution < -0.4 is 10.6 Å². The van der Waals surface area contributed by atoms with Gasteiger partial charge >= 0.3 is 0 Å². The lowest BCUT2D eigenvalue weighted by Gasteiger charge is -2.16. The zero-order valence-corrected chi connectivity index (χ0v) is 15.2. The maximum absolute atomic E-state index is 10.8. The van der Waals surface area contributed by atoms with Gasteiger partial charge in [-0.2, -0.15) is 4.98 Å². The molecule has 0 aliphatic carbocycles. The van der Waals surface area contributed by atoms with Crippen LogP contribution >= 0.6 is 28.3 Å². The standard InChI is InChI=1S/C14H16BrN5O3.ClH/c1-2-9(8-21)17-13-12(15)7-16-14(19-13)18-10-4-3-5-11(6-10)20(22)23;/h3-7,9,21H,2,8H2,1H3,(H2,16,17,18,19);1H/t9-;/m0./s1. The molecule has 24 heavy (non-hydrogen) atoms. The van der Waals surface area contributed by atoms with E-state index in [-0.39, 0.29) is 30.7 Å². The van der Waals surface area contributed by atoms with Crippen molar-refractivity contribution in [1.29, 1.82) is 0 Å². The second-order valence-electron chi connectivity index (χ2n) is 4.75. The number of aliphatic hydroxyl groups is 1. The van der Waals surface area contributed by atoms with Gasteiger partial charge in [0, 0.05) is 24.0 Å². The lowest BCUT2D eigenvalue weighted by atomic mass is 10.2. The fourth-order valence-electron chi connectivity index (χ4n) is 1.83. The number of nitrogens with one attached hydrogen (secondary N) is 2. The quantitative estimate of drug-likeness (QED) is 0.466. The summed E-state index contributed by atoms with van der Waals surface area (Å²) in [6.45, 7) is 1.94. The van der Waals surface area contributed by atoms with Crippen LogP contribution in [0.5, 0.6) is 0 Å².